The summed E-state index contributed by atoms with van der Waals surface area (Å²) in [5.41, 5.74) is 6.35. The summed E-state index contributed by atoms with van der Waals surface area (Å²) in [6.07, 6.45) is 5.24. The maximum atomic E-state index is 4.68. The van der Waals surface area contributed by atoms with E-state index in [-0.39, 0.29) is 5.54 Å². The number of fused-ring (bicyclic) bond motifs is 2. The molecule has 0 bridgehead atoms. The maximum Gasteiger partial charge on any atom is 0.0799 e. The average Bonchev–Trinajstić information content (AvgIpc) is 3.12. The lowest BCUT2D eigenvalue weighted by Crippen LogP contribution is -2.40. The number of benzene rings is 1. The van der Waals surface area contributed by atoms with Gasteiger partial charge in [0.15, 0.2) is 0 Å². The van der Waals surface area contributed by atoms with Crippen molar-refractivity contribution in [2.75, 3.05) is 4.90 Å². The lowest BCUT2D eigenvalue weighted by Gasteiger charge is -2.40. The fourth-order valence-electron chi connectivity index (χ4n) is 4.20. The first kappa shape index (κ1) is 12.4. The number of thiazole rings is 1. The van der Waals surface area contributed by atoms with Gasteiger partial charge in [0, 0.05) is 5.69 Å². The molecule has 20 heavy (non-hydrogen) atoms. The van der Waals surface area contributed by atoms with E-state index in [0.717, 1.165) is 0 Å². The summed E-state index contributed by atoms with van der Waals surface area (Å²) in [6, 6.07) is 9.20. The van der Waals surface area contributed by atoms with Gasteiger partial charge in [-0.15, -0.1) is 11.3 Å². The molecule has 2 aromatic rings. The fourth-order valence-corrected chi connectivity index (χ4v) is 5.34. The monoisotopic (exact) mass is 284 g/mol. The Morgan fingerprint density at radius 2 is 2.00 bits per heavy atom. The maximum absolute atomic E-state index is 4.68. The van der Waals surface area contributed by atoms with Gasteiger partial charge < -0.3 is 4.90 Å². The lowest BCUT2D eigenvalue weighted by atomic mass is 9.94. The van der Waals surface area contributed by atoms with Gasteiger partial charge in [-0.25, -0.2) is 4.98 Å². The van der Waals surface area contributed by atoms with Crippen LogP contribution in [0.1, 0.15) is 54.8 Å². The summed E-state index contributed by atoms with van der Waals surface area (Å²) >= 11 is 1.86. The molecule has 1 aromatic heterocycles. The van der Waals surface area contributed by atoms with Crippen LogP contribution >= 0.6 is 11.3 Å². The Morgan fingerprint density at radius 3 is 2.75 bits per heavy atom. The molecule has 0 radical (unpaired) electrons. The second kappa shape index (κ2) is 4.32. The molecule has 3 heteroatoms. The van der Waals surface area contributed by atoms with Crippen LogP contribution in [0, 0.1) is 6.92 Å². The minimum absolute atomic E-state index is 0.224. The first-order valence-electron chi connectivity index (χ1n) is 7.53. The van der Waals surface area contributed by atoms with Gasteiger partial charge in [0.1, 0.15) is 0 Å². The number of nitrogens with zero attached hydrogens (tertiary/aromatic N) is 2. The van der Waals surface area contributed by atoms with Gasteiger partial charge in [-0.1, -0.05) is 31.0 Å². The molecular weight excluding hydrogens is 264 g/mol. The number of para-hydroxylation sites is 1. The third kappa shape index (κ3) is 1.47. The summed E-state index contributed by atoms with van der Waals surface area (Å²) in [5.74, 6) is 0. The second-order valence-electron chi connectivity index (χ2n) is 6.14. The Kier molecular flexibility index (Phi) is 2.68. The Morgan fingerprint density at radius 1 is 1.25 bits per heavy atom. The highest BCUT2D eigenvalue weighted by molar-refractivity contribution is 7.10. The van der Waals surface area contributed by atoms with E-state index in [2.05, 4.69) is 48.0 Å². The zero-order valence-electron chi connectivity index (χ0n) is 12.1. The normalized spacial score (nSPS) is 23.5. The molecule has 1 spiro atoms. The van der Waals surface area contributed by atoms with Gasteiger partial charge in [0.2, 0.25) is 0 Å². The highest BCUT2D eigenvalue weighted by atomic mass is 32.1. The van der Waals surface area contributed by atoms with Crippen molar-refractivity contribution in [2.45, 2.75) is 51.1 Å². The van der Waals surface area contributed by atoms with Crippen LogP contribution in [0.25, 0.3) is 0 Å². The van der Waals surface area contributed by atoms with E-state index in [1.807, 2.05) is 16.8 Å². The minimum atomic E-state index is 0.224. The third-order valence-corrected chi connectivity index (χ3v) is 6.10. The van der Waals surface area contributed by atoms with E-state index < -0.39 is 0 Å². The zero-order chi connectivity index (χ0) is 13.7. The molecule has 0 saturated heterocycles. The first-order chi connectivity index (χ1) is 9.74. The van der Waals surface area contributed by atoms with Crippen molar-refractivity contribution in [3.8, 4) is 0 Å². The first-order valence-corrected chi connectivity index (χ1v) is 8.41. The number of rotatable bonds is 1. The van der Waals surface area contributed by atoms with Gasteiger partial charge in [-0.2, -0.15) is 0 Å². The molecule has 0 unspecified atom stereocenters. The van der Waals surface area contributed by atoms with Crippen LogP contribution in [-0.4, -0.2) is 4.98 Å². The van der Waals surface area contributed by atoms with Crippen molar-refractivity contribution in [1.29, 1.82) is 0 Å². The van der Waals surface area contributed by atoms with E-state index in [4.69, 9.17) is 0 Å². The van der Waals surface area contributed by atoms with E-state index >= 15 is 0 Å². The van der Waals surface area contributed by atoms with Crippen molar-refractivity contribution in [3.63, 3.8) is 0 Å². The SMILES string of the molecule is Cc1ccccc1N1[C@@H](C)c2ncsc2C12CCCC2. The predicted octanol–water partition coefficient (Wildman–Crippen LogP) is 4.80. The summed E-state index contributed by atoms with van der Waals surface area (Å²) in [5, 5.41) is 0. The average molecular weight is 284 g/mol. The van der Waals surface area contributed by atoms with Gasteiger partial charge in [-0.05, 0) is 38.3 Å². The zero-order valence-corrected chi connectivity index (χ0v) is 12.9. The molecule has 0 N–H and O–H groups in total. The predicted molar refractivity (Wildman–Crippen MR) is 84.3 cm³/mol. The van der Waals surface area contributed by atoms with E-state index in [0.29, 0.717) is 6.04 Å². The number of hydrogen-bond acceptors (Lipinski definition) is 3. The molecule has 1 aromatic carbocycles. The molecule has 1 fully saturated rings. The van der Waals surface area contributed by atoms with Crippen LogP contribution in [0.5, 0.6) is 0 Å². The van der Waals surface area contributed by atoms with E-state index in [1.54, 1.807) is 0 Å². The highest BCUT2D eigenvalue weighted by Gasteiger charge is 2.52. The largest absolute Gasteiger partial charge is 0.352 e. The van der Waals surface area contributed by atoms with Crippen LogP contribution in [0.15, 0.2) is 29.8 Å². The van der Waals surface area contributed by atoms with Crippen molar-refractivity contribution in [1.82, 2.24) is 4.98 Å². The standard InChI is InChI=1S/C17H20N2S/c1-12-7-3-4-8-14(12)19-13(2)15-16(20-11-18-15)17(19)9-5-6-10-17/h3-4,7-8,11,13H,5-6,9-10H2,1-2H3/t13-/m0/s1. The number of aromatic nitrogens is 1. The molecule has 2 heterocycles. The van der Waals surface area contributed by atoms with E-state index in [9.17, 15) is 0 Å². The van der Waals surface area contributed by atoms with Crippen LogP contribution in [0.3, 0.4) is 0 Å². The minimum Gasteiger partial charge on any atom is -0.352 e. The topological polar surface area (TPSA) is 16.1 Å². The van der Waals surface area contributed by atoms with Crippen LogP contribution in [0.4, 0.5) is 5.69 Å². The fraction of sp³-hybridized carbons (Fsp3) is 0.471. The molecule has 2 aliphatic rings. The van der Waals surface area contributed by atoms with Crippen LogP contribution in [0.2, 0.25) is 0 Å². The molecular formula is C17H20N2S. The Bertz CT molecular complexity index is 640. The van der Waals surface area contributed by atoms with E-state index in [1.165, 1.54) is 47.5 Å². The van der Waals surface area contributed by atoms with Gasteiger partial charge in [0.05, 0.1) is 27.7 Å². The Balaban J connectivity index is 1.91. The van der Waals surface area contributed by atoms with Gasteiger partial charge >= 0.3 is 0 Å². The van der Waals surface area contributed by atoms with Gasteiger partial charge in [-0.3, -0.25) is 0 Å². The molecule has 1 saturated carbocycles. The molecule has 4 rings (SSSR count). The number of hydrogen-bond donors (Lipinski definition) is 0. The highest BCUT2D eigenvalue weighted by Crippen LogP contribution is 2.57. The molecule has 104 valence electrons. The summed E-state index contributed by atoms with van der Waals surface area (Å²) < 4.78 is 0. The smallest absolute Gasteiger partial charge is 0.0799 e. The summed E-state index contributed by atoms with van der Waals surface area (Å²) in [6.45, 7) is 4.54. The Labute approximate surface area is 124 Å². The lowest BCUT2D eigenvalue weighted by molar-refractivity contribution is 0.420. The van der Waals surface area contributed by atoms with Crippen molar-refractivity contribution in [2.24, 2.45) is 0 Å². The summed E-state index contributed by atoms with van der Waals surface area (Å²) in [4.78, 5) is 8.88. The Hall–Kier alpha value is -1.35. The van der Waals surface area contributed by atoms with Crippen molar-refractivity contribution < 1.29 is 0 Å². The molecule has 2 nitrogen and oxygen atoms in total. The van der Waals surface area contributed by atoms with Crippen molar-refractivity contribution >= 4 is 17.0 Å². The molecule has 1 aliphatic heterocycles. The van der Waals surface area contributed by atoms with Gasteiger partial charge in [0.25, 0.3) is 0 Å². The molecule has 1 atom stereocenters. The second-order valence-corrected chi connectivity index (χ2v) is 6.99. The molecule has 1 aliphatic carbocycles. The van der Waals surface area contributed by atoms with Crippen LogP contribution in [-0.2, 0) is 5.54 Å². The summed E-state index contributed by atoms with van der Waals surface area (Å²) in [7, 11) is 0. The quantitative estimate of drug-likeness (QED) is 0.747. The van der Waals surface area contributed by atoms with Crippen LogP contribution < -0.4 is 4.90 Å². The van der Waals surface area contributed by atoms with Crippen molar-refractivity contribution in [3.05, 3.63) is 45.9 Å². The third-order valence-electron chi connectivity index (χ3n) is 5.07. The molecule has 0 amide bonds. The number of aryl methyl sites for hydroxylation is 1. The number of anilines is 1.